The minimum Gasteiger partial charge on any atom is -0.467 e. The van der Waals surface area contributed by atoms with E-state index in [2.05, 4.69) is 31.3 Å². The van der Waals surface area contributed by atoms with Crippen LogP contribution in [0.25, 0.3) is 0 Å². The molecule has 0 unspecified atom stereocenters. The van der Waals surface area contributed by atoms with Gasteiger partial charge in [0, 0.05) is 18.8 Å². The summed E-state index contributed by atoms with van der Waals surface area (Å²) in [7, 11) is 0. The highest BCUT2D eigenvalue weighted by Gasteiger charge is 2.23. The third-order valence-electron chi connectivity index (χ3n) is 5.82. The first-order valence-electron chi connectivity index (χ1n) is 12.3. The lowest BCUT2D eigenvalue weighted by Crippen LogP contribution is -2.46. The van der Waals surface area contributed by atoms with Crippen molar-refractivity contribution in [3.05, 3.63) is 89.9 Å². The first-order chi connectivity index (χ1) is 16.8. The van der Waals surface area contributed by atoms with Gasteiger partial charge in [-0.15, -0.1) is 0 Å². The van der Waals surface area contributed by atoms with E-state index in [9.17, 15) is 9.59 Å². The molecule has 6 nitrogen and oxygen atoms in total. The van der Waals surface area contributed by atoms with Gasteiger partial charge in [0.15, 0.2) is 0 Å². The Morgan fingerprint density at radius 2 is 1.60 bits per heavy atom. The number of carbonyl (C=O) groups is 2. The summed E-state index contributed by atoms with van der Waals surface area (Å²) in [6.45, 7) is 9.74. The molecule has 0 atom stereocenters. The molecule has 186 valence electrons. The number of hydrogen-bond donors (Lipinski definition) is 1. The number of benzene rings is 2. The smallest absolute Gasteiger partial charge is 0.322 e. The maximum absolute atomic E-state index is 13.4. The number of urea groups is 1. The Hall–Kier alpha value is -3.54. The fourth-order valence-corrected chi connectivity index (χ4v) is 3.87. The summed E-state index contributed by atoms with van der Waals surface area (Å²) in [6, 6.07) is 21.3. The molecule has 1 N–H and O–H groups in total. The van der Waals surface area contributed by atoms with Gasteiger partial charge in [-0.2, -0.15) is 0 Å². The van der Waals surface area contributed by atoms with E-state index in [4.69, 9.17) is 4.42 Å². The average Bonchev–Trinajstić information content (AvgIpc) is 3.35. The third-order valence-corrected chi connectivity index (χ3v) is 5.82. The lowest BCUT2D eigenvalue weighted by Gasteiger charge is -2.28. The standard InChI is InChI=1S/C29H37N3O3/c1-22(2)19-32(29(34)30-26-14-12-25(13-15-26)23(3)4)21-28(33)31(20-27-11-8-18-35-27)17-16-24-9-6-5-7-10-24/h5-15,18,22-23H,16-17,19-21H2,1-4H3,(H,30,34). The molecule has 0 saturated carbocycles. The van der Waals surface area contributed by atoms with Gasteiger partial charge in [0.1, 0.15) is 12.3 Å². The summed E-state index contributed by atoms with van der Waals surface area (Å²) in [5.41, 5.74) is 3.09. The number of anilines is 1. The lowest BCUT2D eigenvalue weighted by atomic mass is 10.0. The van der Waals surface area contributed by atoms with Crippen LogP contribution in [-0.4, -0.2) is 41.4 Å². The third kappa shape index (κ3) is 8.32. The first-order valence-corrected chi connectivity index (χ1v) is 12.3. The summed E-state index contributed by atoms with van der Waals surface area (Å²) >= 11 is 0. The van der Waals surface area contributed by atoms with Crippen LogP contribution in [0.2, 0.25) is 0 Å². The molecule has 3 aromatic rings. The van der Waals surface area contributed by atoms with E-state index >= 15 is 0 Å². The Kier molecular flexibility index (Phi) is 9.53. The molecule has 0 radical (unpaired) electrons. The quantitative estimate of drug-likeness (QED) is 0.361. The van der Waals surface area contributed by atoms with Crippen molar-refractivity contribution in [1.82, 2.24) is 9.80 Å². The summed E-state index contributed by atoms with van der Waals surface area (Å²) in [4.78, 5) is 29.9. The van der Waals surface area contributed by atoms with Crippen LogP contribution in [0.15, 0.2) is 77.4 Å². The van der Waals surface area contributed by atoms with Crippen molar-refractivity contribution in [2.75, 3.05) is 25.0 Å². The number of rotatable bonds is 11. The van der Waals surface area contributed by atoms with Crippen molar-refractivity contribution < 1.29 is 14.0 Å². The Morgan fingerprint density at radius 1 is 0.886 bits per heavy atom. The number of amides is 3. The van der Waals surface area contributed by atoms with Crippen molar-refractivity contribution in [2.45, 2.75) is 46.6 Å². The van der Waals surface area contributed by atoms with Crippen molar-refractivity contribution >= 4 is 17.6 Å². The molecule has 0 aliphatic heterocycles. The molecule has 0 bridgehead atoms. The van der Waals surface area contributed by atoms with Gasteiger partial charge >= 0.3 is 6.03 Å². The molecular weight excluding hydrogens is 438 g/mol. The molecule has 0 fully saturated rings. The molecule has 1 aromatic heterocycles. The number of furan rings is 1. The van der Waals surface area contributed by atoms with Crippen molar-refractivity contribution in [1.29, 1.82) is 0 Å². The summed E-state index contributed by atoms with van der Waals surface area (Å²) < 4.78 is 5.50. The highest BCUT2D eigenvalue weighted by Crippen LogP contribution is 2.18. The zero-order chi connectivity index (χ0) is 25.2. The second kappa shape index (κ2) is 12.8. The first kappa shape index (κ1) is 26.1. The second-order valence-electron chi connectivity index (χ2n) is 9.61. The maximum Gasteiger partial charge on any atom is 0.322 e. The van der Waals surface area contributed by atoms with Crippen LogP contribution < -0.4 is 5.32 Å². The van der Waals surface area contributed by atoms with Crippen LogP contribution in [-0.2, 0) is 17.8 Å². The van der Waals surface area contributed by atoms with Crippen LogP contribution in [0, 0.1) is 5.92 Å². The van der Waals surface area contributed by atoms with E-state index < -0.39 is 0 Å². The van der Waals surface area contributed by atoms with Crippen LogP contribution in [0.3, 0.4) is 0 Å². The molecule has 3 rings (SSSR count). The van der Waals surface area contributed by atoms with Crippen LogP contribution in [0.5, 0.6) is 0 Å². The summed E-state index contributed by atoms with van der Waals surface area (Å²) in [5.74, 6) is 1.25. The van der Waals surface area contributed by atoms with Crippen molar-refractivity contribution in [2.24, 2.45) is 5.92 Å². The zero-order valence-electron chi connectivity index (χ0n) is 21.2. The Bertz CT molecular complexity index is 1040. The highest BCUT2D eigenvalue weighted by atomic mass is 16.3. The van der Waals surface area contributed by atoms with Crippen LogP contribution in [0.4, 0.5) is 10.5 Å². The number of hydrogen-bond acceptors (Lipinski definition) is 3. The molecule has 2 aromatic carbocycles. The van der Waals surface area contributed by atoms with Crippen molar-refractivity contribution in [3.8, 4) is 0 Å². The average molecular weight is 476 g/mol. The molecule has 1 heterocycles. The lowest BCUT2D eigenvalue weighted by molar-refractivity contribution is -0.132. The zero-order valence-corrected chi connectivity index (χ0v) is 21.2. The van der Waals surface area contributed by atoms with Gasteiger partial charge in [-0.1, -0.05) is 70.2 Å². The van der Waals surface area contributed by atoms with E-state index in [1.54, 1.807) is 16.1 Å². The normalized spacial score (nSPS) is 11.0. The summed E-state index contributed by atoms with van der Waals surface area (Å²) in [6.07, 6.45) is 2.34. The molecule has 3 amide bonds. The molecule has 35 heavy (non-hydrogen) atoms. The second-order valence-corrected chi connectivity index (χ2v) is 9.61. The minimum atomic E-state index is -0.273. The van der Waals surface area contributed by atoms with E-state index in [1.807, 2.05) is 68.4 Å². The minimum absolute atomic E-state index is 0.00356. The van der Waals surface area contributed by atoms with E-state index in [-0.39, 0.29) is 24.4 Å². The van der Waals surface area contributed by atoms with Crippen LogP contribution in [0.1, 0.15) is 50.5 Å². The molecule has 6 heteroatoms. The SMILES string of the molecule is CC(C)CN(CC(=O)N(CCc1ccccc1)Cc1ccco1)C(=O)Nc1ccc(C(C)C)cc1. The number of nitrogens with zero attached hydrogens (tertiary/aromatic N) is 2. The van der Waals surface area contributed by atoms with Crippen LogP contribution >= 0.6 is 0 Å². The Labute approximate surface area is 208 Å². The summed E-state index contributed by atoms with van der Waals surface area (Å²) in [5, 5.41) is 2.96. The van der Waals surface area contributed by atoms with E-state index in [0.717, 1.165) is 23.4 Å². The van der Waals surface area contributed by atoms with Gasteiger partial charge in [0.25, 0.3) is 0 Å². The molecule has 0 aliphatic carbocycles. The monoisotopic (exact) mass is 475 g/mol. The fraction of sp³-hybridized carbons (Fsp3) is 0.379. The predicted octanol–water partition coefficient (Wildman–Crippen LogP) is 6.16. The van der Waals surface area contributed by atoms with E-state index in [1.165, 1.54) is 5.56 Å². The topological polar surface area (TPSA) is 65.8 Å². The van der Waals surface area contributed by atoms with Gasteiger partial charge in [-0.3, -0.25) is 4.79 Å². The predicted molar refractivity (Wildman–Crippen MR) is 140 cm³/mol. The van der Waals surface area contributed by atoms with Gasteiger partial charge in [-0.25, -0.2) is 4.79 Å². The Balaban J connectivity index is 1.70. The molecule has 0 spiro atoms. The fourth-order valence-electron chi connectivity index (χ4n) is 3.87. The highest BCUT2D eigenvalue weighted by molar-refractivity contribution is 5.92. The van der Waals surface area contributed by atoms with Gasteiger partial charge < -0.3 is 19.5 Å². The molecule has 0 saturated heterocycles. The van der Waals surface area contributed by atoms with Gasteiger partial charge in [0.05, 0.1) is 12.8 Å². The number of nitrogens with one attached hydrogen (secondary N) is 1. The molecule has 0 aliphatic rings. The molecular formula is C29H37N3O3. The van der Waals surface area contributed by atoms with E-state index in [0.29, 0.717) is 25.6 Å². The Morgan fingerprint density at radius 3 is 2.20 bits per heavy atom. The van der Waals surface area contributed by atoms with Gasteiger partial charge in [-0.05, 0) is 53.6 Å². The van der Waals surface area contributed by atoms with Crippen molar-refractivity contribution in [3.63, 3.8) is 0 Å². The maximum atomic E-state index is 13.4. The largest absolute Gasteiger partial charge is 0.467 e. The van der Waals surface area contributed by atoms with Gasteiger partial charge in [0.2, 0.25) is 5.91 Å². The number of carbonyl (C=O) groups excluding carboxylic acids is 2.